The van der Waals surface area contributed by atoms with Crippen LogP contribution in [0.1, 0.15) is 28.7 Å². The maximum Gasteiger partial charge on any atom is 0.132 e. The molecule has 3 rings (SSSR count). The van der Waals surface area contributed by atoms with E-state index in [1.54, 1.807) is 7.11 Å². The zero-order chi connectivity index (χ0) is 13.4. The monoisotopic (exact) mass is 256 g/mol. The number of hydrogen-bond donors (Lipinski definition) is 2. The number of methoxy groups -OCH3 is 1. The lowest BCUT2D eigenvalue weighted by Gasteiger charge is -2.16. The molecule has 1 unspecified atom stereocenters. The minimum Gasteiger partial charge on any atom is -0.496 e. The smallest absolute Gasteiger partial charge is 0.132 e. The van der Waals surface area contributed by atoms with Gasteiger partial charge in [-0.3, -0.25) is 0 Å². The van der Waals surface area contributed by atoms with E-state index in [0.29, 0.717) is 18.2 Å². The van der Waals surface area contributed by atoms with Crippen LogP contribution in [0.15, 0.2) is 24.3 Å². The van der Waals surface area contributed by atoms with E-state index < -0.39 is 0 Å². The maximum absolute atomic E-state index is 6.06. The van der Waals surface area contributed by atoms with Crippen LogP contribution >= 0.6 is 0 Å². The van der Waals surface area contributed by atoms with Crippen LogP contribution in [0.4, 0.5) is 5.82 Å². The van der Waals surface area contributed by atoms with Gasteiger partial charge in [0, 0.05) is 17.7 Å². The van der Waals surface area contributed by atoms with Crippen molar-refractivity contribution in [1.82, 2.24) is 15.3 Å². The van der Waals surface area contributed by atoms with Crippen molar-refractivity contribution in [3.63, 3.8) is 0 Å². The molecular formula is C14H16N4O. The first-order chi connectivity index (χ1) is 9.20. The van der Waals surface area contributed by atoms with Crippen molar-refractivity contribution in [2.24, 2.45) is 0 Å². The lowest BCUT2D eigenvalue weighted by molar-refractivity contribution is 0.405. The third-order valence-corrected chi connectivity index (χ3v) is 3.38. The minimum absolute atomic E-state index is 0.00764. The number of ether oxygens (including phenoxy) is 1. The Kier molecular flexibility index (Phi) is 2.83. The van der Waals surface area contributed by atoms with Crippen molar-refractivity contribution in [2.45, 2.75) is 19.5 Å². The summed E-state index contributed by atoms with van der Waals surface area (Å²) < 4.78 is 5.41. The highest BCUT2D eigenvalue weighted by Gasteiger charge is 2.29. The number of nitrogens with one attached hydrogen (secondary N) is 1. The van der Waals surface area contributed by atoms with Gasteiger partial charge < -0.3 is 15.8 Å². The molecule has 0 aliphatic carbocycles. The van der Waals surface area contributed by atoms with Crippen LogP contribution in [0.2, 0.25) is 0 Å². The highest BCUT2D eigenvalue weighted by molar-refractivity contribution is 5.53. The number of nitrogens with two attached hydrogens (primary N) is 1. The summed E-state index contributed by atoms with van der Waals surface area (Å²) in [5, 5.41) is 3.42. The minimum atomic E-state index is -0.00764. The Bertz CT molecular complexity index is 627. The van der Waals surface area contributed by atoms with Gasteiger partial charge in [0.1, 0.15) is 17.4 Å². The molecule has 5 nitrogen and oxygen atoms in total. The molecule has 1 aliphatic rings. The first-order valence-electron chi connectivity index (χ1n) is 6.20. The largest absolute Gasteiger partial charge is 0.496 e. The Balaban J connectivity index is 2.12. The molecule has 0 saturated heterocycles. The van der Waals surface area contributed by atoms with E-state index in [1.807, 2.05) is 31.2 Å². The van der Waals surface area contributed by atoms with Gasteiger partial charge in [-0.15, -0.1) is 0 Å². The number of aromatic nitrogens is 2. The number of fused-ring (bicyclic) bond motifs is 1. The topological polar surface area (TPSA) is 73.1 Å². The van der Waals surface area contributed by atoms with Crippen LogP contribution in [0.25, 0.3) is 0 Å². The predicted molar refractivity (Wildman–Crippen MR) is 72.9 cm³/mol. The van der Waals surface area contributed by atoms with E-state index in [4.69, 9.17) is 10.5 Å². The van der Waals surface area contributed by atoms with Crippen LogP contribution in [-0.2, 0) is 6.54 Å². The summed E-state index contributed by atoms with van der Waals surface area (Å²) in [6.45, 7) is 2.55. The summed E-state index contributed by atoms with van der Waals surface area (Å²) in [5.74, 6) is 2.09. The zero-order valence-corrected chi connectivity index (χ0v) is 11.0. The molecule has 1 atom stereocenters. The van der Waals surface area contributed by atoms with Crippen LogP contribution in [0.3, 0.4) is 0 Å². The van der Waals surface area contributed by atoms with Crippen molar-refractivity contribution in [3.8, 4) is 5.75 Å². The molecule has 0 fully saturated rings. The molecule has 1 aromatic carbocycles. The second kappa shape index (κ2) is 4.51. The molecule has 5 heteroatoms. The van der Waals surface area contributed by atoms with Gasteiger partial charge in [-0.05, 0) is 13.0 Å². The molecule has 0 radical (unpaired) electrons. The number of aryl methyl sites for hydroxylation is 1. The van der Waals surface area contributed by atoms with Crippen molar-refractivity contribution in [3.05, 3.63) is 46.9 Å². The number of nitrogens with zero attached hydrogens (tertiary/aromatic N) is 2. The van der Waals surface area contributed by atoms with E-state index in [-0.39, 0.29) is 6.04 Å². The van der Waals surface area contributed by atoms with E-state index >= 15 is 0 Å². The second-order valence-electron chi connectivity index (χ2n) is 4.57. The molecular weight excluding hydrogens is 240 g/mol. The first-order valence-corrected chi connectivity index (χ1v) is 6.20. The normalized spacial score (nSPS) is 17.3. The van der Waals surface area contributed by atoms with Gasteiger partial charge in [-0.25, -0.2) is 9.97 Å². The number of nitrogen functional groups attached to an aromatic ring is 1. The van der Waals surface area contributed by atoms with Gasteiger partial charge >= 0.3 is 0 Å². The molecule has 0 saturated carbocycles. The SMILES string of the molecule is COc1ccccc1C1NCc2nc(C)nc(N)c21. The third-order valence-electron chi connectivity index (χ3n) is 3.38. The fourth-order valence-corrected chi connectivity index (χ4v) is 2.58. The van der Waals surface area contributed by atoms with Crippen molar-refractivity contribution >= 4 is 5.82 Å². The second-order valence-corrected chi connectivity index (χ2v) is 4.57. The Morgan fingerprint density at radius 1 is 1.32 bits per heavy atom. The van der Waals surface area contributed by atoms with Crippen LogP contribution < -0.4 is 15.8 Å². The fraction of sp³-hybridized carbons (Fsp3) is 0.286. The van der Waals surface area contributed by atoms with Gasteiger partial charge in [0.2, 0.25) is 0 Å². The molecule has 98 valence electrons. The molecule has 0 spiro atoms. The summed E-state index contributed by atoms with van der Waals surface area (Å²) >= 11 is 0. The van der Waals surface area contributed by atoms with Gasteiger partial charge in [-0.2, -0.15) is 0 Å². The average Bonchev–Trinajstić information content (AvgIpc) is 2.82. The Morgan fingerprint density at radius 2 is 2.11 bits per heavy atom. The first kappa shape index (κ1) is 11.9. The fourth-order valence-electron chi connectivity index (χ4n) is 2.58. The lowest BCUT2D eigenvalue weighted by Crippen LogP contribution is -2.15. The molecule has 3 N–H and O–H groups in total. The summed E-state index contributed by atoms with van der Waals surface area (Å²) in [6.07, 6.45) is 0. The number of rotatable bonds is 2. The van der Waals surface area contributed by atoms with Gasteiger partial charge in [0.05, 0.1) is 18.8 Å². The average molecular weight is 256 g/mol. The Labute approximate surface area is 111 Å². The number of para-hydroxylation sites is 1. The van der Waals surface area contributed by atoms with Crippen LogP contribution in [0.5, 0.6) is 5.75 Å². The van der Waals surface area contributed by atoms with E-state index in [1.165, 1.54) is 0 Å². The van der Waals surface area contributed by atoms with E-state index in [2.05, 4.69) is 15.3 Å². The van der Waals surface area contributed by atoms with Crippen LogP contribution in [-0.4, -0.2) is 17.1 Å². The predicted octanol–water partition coefficient (Wildman–Crippen LogP) is 1.57. The summed E-state index contributed by atoms with van der Waals surface area (Å²) in [6, 6.07) is 7.91. The maximum atomic E-state index is 6.06. The molecule has 0 bridgehead atoms. The molecule has 2 heterocycles. The number of hydrogen-bond acceptors (Lipinski definition) is 5. The van der Waals surface area contributed by atoms with Crippen LogP contribution in [0, 0.1) is 6.92 Å². The Morgan fingerprint density at radius 3 is 2.89 bits per heavy atom. The lowest BCUT2D eigenvalue weighted by atomic mass is 10.00. The zero-order valence-electron chi connectivity index (χ0n) is 11.0. The molecule has 1 aromatic heterocycles. The van der Waals surface area contributed by atoms with Gasteiger partial charge in [-0.1, -0.05) is 18.2 Å². The summed E-state index contributed by atoms with van der Waals surface area (Å²) in [7, 11) is 1.67. The molecule has 2 aromatic rings. The van der Waals surface area contributed by atoms with E-state index in [0.717, 1.165) is 22.6 Å². The van der Waals surface area contributed by atoms with E-state index in [9.17, 15) is 0 Å². The number of anilines is 1. The third kappa shape index (κ3) is 1.92. The van der Waals surface area contributed by atoms with Gasteiger partial charge in [0.15, 0.2) is 0 Å². The van der Waals surface area contributed by atoms with Crippen molar-refractivity contribution in [1.29, 1.82) is 0 Å². The highest BCUT2D eigenvalue weighted by Crippen LogP contribution is 2.37. The molecule has 0 amide bonds. The standard InChI is InChI=1S/C14H16N4O/c1-8-17-10-7-16-13(12(10)14(15)18-8)9-5-3-4-6-11(9)19-2/h3-6,13,16H,7H2,1-2H3,(H2,15,17,18). The molecule has 19 heavy (non-hydrogen) atoms. The van der Waals surface area contributed by atoms with Gasteiger partial charge in [0.25, 0.3) is 0 Å². The highest BCUT2D eigenvalue weighted by atomic mass is 16.5. The van der Waals surface area contributed by atoms with Crippen molar-refractivity contribution in [2.75, 3.05) is 12.8 Å². The Hall–Kier alpha value is -2.14. The quantitative estimate of drug-likeness (QED) is 0.853. The molecule has 1 aliphatic heterocycles. The summed E-state index contributed by atoms with van der Waals surface area (Å²) in [5.41, 5.74) is 9.06. The summed E-state index contributed by atoms with van der Waals surface area (Å²) in [4.78, 5) is 8.71. The van der Waals surface area contributed by atoms with Crippen molar-refractivity contribution < 1.29 is 4.74 Å². The number of benzene rings is 1.